The molecule has 1 saturated heterocycles. The number of fused-ring (bicyclic) bond motifs is 1. The quantitative estimate of drug-likeness (QED) is 0.544. The van der Waals surface area contributed by atoms with Crippen LogP contribution >= 0.6 is 0 Å². The highest BCUT2D eigenvalue weighted by Crippen LogP contribution is 2.56. The lowest BCUT2D eigenvalue weighted by Crippen LogP contribution is -2.63. The summed E-state index contributed by atoms with van der Waals surface area (Å²) < 4.78 is 15.5. The second-order valence-corrected chi connectivity index (χ2v) is 9.80. The van der Waals surface area contributed by atoms with Crippen molar-refractivity contribution in [2.24, 2.45) is 4.99 Å². The third kappa shape index (κ3) is 3.72. The van der Waals surface area contributed by atoms with Gasteiger partial charge < -0.3 is 19.1 Å². The molecular formula is C29H31N3O6. The predicted octanol–water partition coefficient (Wildman–Crippen LogP) is 3.00. The molecule has 0 aromatic heterocycles. The summed E-state index contributed by atoms with van der Waals surface area (Å²) in [5.41, 5.74) is 4.18. The summed E-state index contributed by atoms with van der Waals surface area (Å²) in [6.45, 7) is 2.60. The molecule has 0 aliphatic carbocycles. The fraction of sp³-hybridized carbons (Fsp3) is 0.379. The number of likely N-dealkylation sites (N-methyl/N-ethyl adjacent to an activating group) is 1. The Morgan fingerprint density at radius 3 is 2.37 bits per heavy atom. The van der Waals surface area contributed by atoms with E-state index in [1.807, 2.05) is 31.0 Å². The predicted molar refractivity (Wildman–Crippen MR) is 142 cm³/mol. The van der Waals surface area contributed by atoms with Gasteiger partial charge in [0.15, 0.2) is 5.70 Å². The number of likely N-dealkylation sites (tertiary alicyclic amines) is 1. The Hall–Kier alpha value is -3.98. The number of amidine groups is 1. The molecule has 1 amide bonds. The van der Waals surface area contributed by atoms with Gasteiger partial charge in [0.05, 0.1) is 44.4 Å². The molecule has 3 aliphatic rings. The van der Waals surface area contributed by atoms with E-state index in [9.17, 15) is 14.4 Å². The van der Waals surface area contributed by atoms with Crippen LogP contribution in [0.1, 0.15) is 24.0 Å². The lowest BCUT2D eigenvalue weighted by atomic mass is 9.65. The first-order chi connectivity index (χ1) is 18.3. The van der Waals surface area contributed by atoms with E-state index in [2.05, 4.69) is 30.3 Å². The minimum atomic E-state index is -0.868. The van der Waals surface area contributed by atoms with Gasteiger partial charge in [0.2, 0.25) is 5.91 Å². The minimum Gasteiger partial charge on any atom is -0.466 e. The summed E-state index contributed by atoms with van der Waals surface area (Å²) >= 11 is 0. The molecule has 9 nitrogen and oxygen atoms in total. The van der Waals surface area contributed by atoms with Crippen LogP contribution in [-0.2, 0) is 34.0 Å². The number of aryl methyl sites for hydroxylation is 1. The van der Waals surface area contributed by atoms with Crippen molar-refractivity contribution in [3.8, 4) is 11.1 Å². The van der Waals surface area contributed by atoms with Gasteiger partial charge >= 0.3 is 11.9 Å². The molecule has 2 aromatic carbocycles. The number of amides is 1. The van der Waals surface area contributed by atoms with Crippen molar-refractivity contribution in [1.29, 1.82) is 0 Å². The number of nitrogens with zero attached hydrogens (tertiary/aromatic N) is 3. The molecule has 2 atom stereocenters. The highest BCUT2D eigenvalue weighted by atomic mass is 16.5. The number of methoxy groups -OCH3 is 3. The van der Waals surface area contributed by atoms with Crippen molar-refractivity contribution in [2.75, 3.05) is 46.4 Å². The number of ether oxygens (including phenoxy) is 3. The van der Waals surface area contributed by atoms with E-state index in [0.29, 0.717) is 18.9 Å². The lowest BCUT2D eigenvalue weighted by molar-refractivity contribution is -0.140. The smallest absolute Gasteiger partial charge is 0.357 e. The number of aliphatic imine (C=N–C) groups is 1. The van der Waals surface area contributed by atoms with Crippen LogP contribution in [0.4, 0.5) is 5.69 Å². The van der Waals surface area contributed by atoms with Gasteiger partial charge in [-0.15, -0.1) is 0 Å². The summed E-state index contributed by atoms with van der Waals surface area (Å²) in [6, 6.07) is 13.8. The number of esters is 2. The van der Waals surface area contributed by atoms with Crippen LogP contribution in [0.2, 0.25) is 0 Å². The number of anilines is 1. The first-order valence-electron chi connectivity index (χ1n) is 12.5. The molecule has 38 heavy (non-hydrogen) atoms. The minimum absolute atomic E-state index is 0.110. The molecule has 0 radical (unpaired) electrons. The van der Waals surface area contributed by atoms with E-state index in [4.69, 9.17) is 19.2 Å². The number of carbonyl (C=O) groups is 3. The fourth-order valence-electron chi connectivity index (χ4n) is 6.05. The van der Waals surface area contributed by atoms with Crippen LogP contribution in [0, 0.1) is 6.92 Å². The Morgan fingerprint density at radius 1 is 1.03 bits per heavy atom. The summed E-state index contributed by atoms with van der Waals surface area (Å²) in [7, 11) is 5.97. The van der Waals surface area contributed by atoms with Crippen LogP contribution in [0.25, 0.3) is 11.1 Å². The maximum atomic E-state index is 13.3. The molecule has 0 N–H and O–H groups in total. The number of hydrogen-bond donors (Lipinski definition) is 0. The number of benzene rings is 2. The van der Waals surface area contributed by atoms with Gasteiger partial charge in [-0.2, -0.15) is 0 Å². The normalized spacial score (nSPS) is 22.0. The molecule has 9 heteroatoms. The maximum Gasteiger partial charge on any atom is 0.357 e. The third-order valence-electron chi connectivity index (χ3n) is 7.83. The van der Waals surface area contributed by atoms with Crippen LogP contribution in [-0.4, -0.2) is 76.2 Å². The van der Waals surface area contributed by atoms with Crippen molar-refractivity contribution < 1.29 is 28.6 Å². The van der Waals surface area contributed by atoms with Gasteiger partial charge in [0, 0.05) is 26.3 Å². The van der Waals surface area contributed by atoms with Crippen molar-refractivity contribution in [3.05, 3.63) is 64.9 Å². The second kappa shape index (κ2) is 9.72. The number of carbonyl (C=O) groups excluding carboxylic acids is 3. The molecular weight excluding hydrogens is 486 g/mol. The molecule has 1 spiro atoms. The number of rotatable bonds is 6. The highest BCUT2D eigenvalue weighted by molar-refractivity contribution is 6.16. The zero-order valence-electron chi connectivity index (χ0n) is 22.2. The van der Waals surface area contributed by atoms with Gasteiger partial charge in [0.25, 0.3) is 0 Å². The Morgan fingerprint density at radius 2 is 1.71 bits per heavy atom. The van der Waals surface area contributed by atoms with Crippen molar-refractivity contribution >= 4 is 29.4 Å². The Balaban J connectivity index is 1.80. The van der Waals surface area contributed by atoms with Crippen molar-refractivity contribution in [1.82, 2.24) is 4.90 Å². The van der Waals surface area contributed by atoms with E-state index >= 15 is 0 Å². The van der Waals surface area contributed by atoms with Crippen LogP contribution in [0.3, 0.4) is 0 Å². The molecule has 0 saturated carbocycles. The van der Waals surface area contributed by atoms with Crippen LogP contribution in [0.5, 0.6) is 0 Å². The molecule has 0 bridgehead atoms. The summed E-state index contributed by atoms with van der Waals surface area (Å²) in [4.78, 5) is 47.8. The zero-order valence-corrected chi connectivity index (χ0v) is 22.2. The van der Waals surface area contributed by atoms with Gasteiger partial charge in [-0.3, -0.25) is 9.69 Å². The number of piperidine rings is 1. The van der Waals surface area contributed by atoms with E-state index in [0.717, 1.165) is 27.9 Å². The van der Waals surface area contributed by atoms with E-state index in [-0.39, 0.29) is 30.1 Å². The van der Waals surface area contributed by atoms with Crippen LogP contribution in [0.15, 0.2) is 58.7 Å². The summed E-state index contributed by atoms with van der Waals surface area (Å²) in [5.74, 6) is -1.10. The van der Waals surface area contributed by atoms with Crippen molar-refractivity contribution in [2.45, 2.75) is 31.2 Å². The number of hydrogen-bond acceptors (Lipinski definition) is 8. The molecule has 3 aliphatic heterocycles. The van der Waals surface area contributed by atoms with Crippen molar-refractivity contribution in [3.63, 3.8) is 0 Å². The largest absolute Gasteiger partial charge is 0.466 e. The molecule has 198 valence electrons. The van der Waals surface area contributed by atoms with Gasteiger partial charge in [-0.1, -0.05) is 35.9 Å². The van der Waals surface area contributed by atoms with E-state index in [1.165, 1.54) is 14.2 Å². The SMILES string of the molecule is COCCN1C(=O)CC[C@@]23C1=NC(C(=O)OC)=C(C(=O)OC)C2N(C)c1ccc(-c2ccc(C)cc2)cc13. The zero-order chi connectivity index (χ0) is 27.2. The first kappa shape index (κ1) is 25.7. The lowest BCUT2D eigenvalue weighted by Gasteiger charge is -2.48. The van der Waals surface area contributed by atoms with E-state index in [1.54, 1.807) is 12.0 Å². The van der Waals surface area contributed by atoms with Gasteiger partial charge in [-0.25, -0.2) is 14.6 Å². The second-order valence-electron chi connectivity index (χ2n) is 9.80. The summed E-state index contributed by atoms with van der Waals surface area (Å²) in [5, 5.41) is 0. The van der Waals surface area contributed by atoms with Gasteiger partial charge in [0.1, 0.15) is 5.84 Å². The maximum absolute atomic E-state index is 13.3. The van der Waals surface area contributed by atoms with Gasteiger partial charge in [-0.05, 0) is 42.2 Å². The molecule has 5 rings (SSSR count). The Kier molecular flexibility index (Phi) is 6.56. The Bertz CT molecular complexity index is 1380. The molecule has 1 unspecified atom stereocenters. The Labute approximate surface area is 221 Å². The average molecular weight is 518 g/mol. The average Bonchev–Trinajstić information content (AvgIpc) is 3.18. The van der Waals surface area contributed by atoms with E-state index < -0.39 is 23.4 Å². The van der Waals surface area contributed by atoms with Crippen LogP contribution < -0.4 is 4.90 Å². The molecule has 2 aromatic rings. The highest BCUT2D eigenvalue weighted by Gasteiger charge is 2.62. The molecule has 3 heterocycles. The fourth-order valence-corrected chi connectivity index (χ4v) is 6.05. The monoisotopic (exact) mass is 517 g/mol. The topological polar surface area (TPSA) is 97.7 Å². The molecule has 1 fully saturated rings. The standard InChI is InChI=1S/C29H31N3O6/c1-17-6-8-18(9-7-17)19-10-11-21-20(16-19)29-13-12-22(33)32(14-15-36-3)28(29)30-24(27(35)38-5)23(26(34)37-4)25(29)31(21)2/h6-11,16,25H,12-15H2,1-5H3/t25?,29-/m0/s1. The third-order valence-corrected chi connectivity index (χ3v) is 7.83. The first-order valence-corrected chi connectivity index (χ1v) is 12.5. The summed E-state index contributed by atoms with van der Waals surface area (Å²) in [6.07, 6.45) is 0.672.